The van der Waals surface area contributed by atoms with Crippen molar-refractivity contribution in [1.82, 2.24) is 10.6 Å². The molecule has 0 radical (unpaired) electrons. The van der Waals surface area contributed by atoms with Crippen LogP contribution in [0.2, 0.25) is 0 Å². The van der Waals surface area contributed by atoms with E-state index in [9.17, 15) is 19.5 Å². The number of amides is 1. The van der Waals surface area contributed by atoms with Gasteiger partial charge in [0, 0.05) is 19.1 Å². The number of rotatable bonds is 11. The van der Waals surface area contributed by atoms with Crippen LogP contribution >= 0.6 is 0 Å². The van der Waals surface area contributed by atoms with Gasteiger partial charge in [-0.2, -0.15) is 0 Å². The summed E-state index contributed by atoms with van der Waals surface area (Å²) in [6.45, 7) is 9.33. The van der Waals surface area contributed by atoms with E-state index in [0.717, 1.165) is 25.7 Å². The van der Waals surface area contributed by atoms with Crippen molar-refractivity contribution < 1.29 is 24.2 Å². The summed E-state index contributed by atoms with van der Waals surface area (Å²) in [6.07, 6.45) is 3.88. The molecule has 144 valence electrons. The summed E-state index contributed by atoms with van der Waals surface area (Å²) in [4.78, 5) is 33.0. The van der Waals surface area contributed by atoms with E-state index in [2.05, 4.69) is 31.4 Å². The van der Waals surface area contributed by atoms with Gasteiger partial charge in [-0.1, -0.05) is 27.7 Å². The van der Waals surface area contributed by atoms with Crippen molar-refractivity contribution in [2.24, 2.45) is 16.2 Å². The van der Waals surface area contributed by atoms with Crippen molar-refractivity contribution >= 4 is 18.9 Å². The van der Waals surface area contributed by atoms with Crippen LogP contribution < -0.4 is 10.6 Å². The fourth-order valence-corrected chi connectivity index (χ4v) is 4.35. The topological polar surface area (TPSA) is 105 Å². The third kappa shape index (κ3) is 5.99. The zero-order valence-corrected chi connectivity index (χ0v) is 15.8. The Morgan fingerprint density at radius 2 is 2.00 bits per heavy atom. The molecule has 25 heavy (non-hydrogen) atoms. The van der Waals surface area contributed by atoms with Crippen LogP contribution in [0.4, 0.5) is 0 Å². The van der Waals surface area contributed by atoms with Gasteiger partial charge in [0.05, 0.1) is 0 Å². The number of carboxylic acid groups (broad SMARTS) is 1. The van der Waals surface area contributed by atoms with Crippen molar-refractivity contribution in [1.29, 1.82) is 0 Å². The molecule has 0 heterocycles. The first kappa shape index (κ1) is 21.4. The Labute approximate surface area is 149 Å². The van der Waals surface area contributed by atoms with Crippen LogP contribution in [0.1, 0.15) is 53.4 Å². The van der Waals surface area contributed by atoms with E-state index in [1.807, 2.05) is 0 Å². The van der Waals surface area contributed by atoms with Gasteiger partial charge in [0.2, 0.25) is 6.41 Å². The van der Waals surface area contributed by atoms with Crippen LogP contribution in [0.25, 0.3) is 0 Å². The molecule has 1 rings (SSSR count). The van der Waals surface area contributed by atoms with Gasteiger partial charge in [-0.25, -0.2) is 0 Å². The predicted octanol–water partition coefficient (Wildman–Crippen LogP) is 1.56. The number of carbonyl (C=O) groups is 3. The van der Waals surface area contributed by atoms with Gasteiger partial charge < -0.3 is 20.5 Å². The Bertz CT molecular complexity index is 482. The summed E-state index contributed by atoms with van der Waals surface area (Å²) in [5.41, 5.74) is -1.07. The summed E-state index contributed by atoms with van der Waals surface area (Å²) in [5.74, 6) is -0.973. The fraction of sp³-hybridized carbons (Fsp3) is 0.833. The molecule has 3 N–H and O–H groups in total. The average molecular weight is 356 g/mol. The quantitative estimate of drug-likeness (QED) is 0.485. The third-order valence-corrected chi connectivity index (χ3v) is 5.32. The molecule has 0 aromatic heterocycles. The SMILES string of the molecule is CCC(CNCC1(C)CC(NC=O)CC(C)(C)C1)(COC=O)C(=O)O. The molecule has 1 fully saturated rings. The highest BCUT2D eigenvalue weighted by atomic mass is 16.5. The van der Waals surface area contributed by atoms with Gasteiger partial charge in [0.15, 0.2) is 0 Å². The van der Waals surface area contributed by atoms with Crippen LogP contribution in [0.15, 0.2) is 0 Å². The van der Waals surface area contributed by atoms with Crippen LogP contribution in [0, 0.1) is 16.2 Å². The van der Waals surface area contributed by atoms with Crippen molar-refractivity contribution in [2.45, 2.75) is 59.4 Å². The molecule has 0 bridgehead atoms. The van der Waals surface area contributed by atoms with E-state index in [4.69, 9.17) is 4.74 Å². The highest BCUT2D eigenvalue weighted by molar-refractivity contribution is 5.75. The molecule has 3 atom stereocenters. The summed E-state index contributed by atoms with van der Waals surface area (Å²) >= 11 is 0. The normalized spacial score (nSPS) is 27.8. The van der Waals surface area contributed by atoms with E-state index in [1.165, 1.54) is 0 Å². The van der Waals surface area contributed by atoms with E-state index in [1.54, 1.807) is 6.92 Å². The van der Waals surface area contributed by atoms with E-state index >= 15 is 0 Å². The first-order chi connectivity index (χ1) is 11.6. The minimum Gasteiger partial charge on any atom is -0.481 e. The van der Waals surface area contributed by atoms with Crippen molar-refractivity contribution in [3.05, 3.63) is 0 Å². The van der Waals surface area contributed by atoms with Crippen LogP contribution in [-0.4, -0.2) is 49.7 Å². The Morgan fingerprint density at radius 3 is 2.52 bits per heavy atom. The molecular weight excluding hydrogens is 324 g/mol. The molecule has 0 aliphatic heterocycles. The Morgan fingerprint density at radius 1 is 1.32 bits per heavy atom. The number of ether oxygens (including phenoxy) is 1. The van der Waals surface area contributed by atoms with Gasteiger partial charge in [-0.3, -0.25) is 14.4 Å². The Balaban J connectivity index is 2.74. The van der Waals surface area contributed by atoms with E-state index < -0.39 is 11.4 Å². The van der Waals surface area contributed by atoms with Gasteiger partial charge >= 0.3 is 5.97 Å². The number of carbonyl (C=O) groups excluding carboxylic acids is 2. The Hall–Kier alpha value is -1.63. The van der Waals surface area contributed by atoms with Crippen LogP contribution in [-0.2, 0) is 19.1 Å². The molecule has 1 aliphatic rings. The third-order valence-electron chi connectivity index (χ3n) is 5.32. The van der Waals surface area contributed by atoms with Gasteiger partial charge in [0.25, 0.3) is 6.47 Å². The summed E-state index contributed by atoms with van der Waals surface area (Å²) in [5, 5.41) is 15.7. The molecule has 7 heteroatoms. The van der Waals surface area contributed by atoms with Gasteiger partial charge in [0.1, 0.15) is 12.0 Å². The highest BCUT2D eigenvalue weighted by Gasteiger charge is 2.42. The highest BCUT2D eigenvalue weighted by Crippen LogP contribution is 2.45. The zero-order chi connectivity index (χ0) is 19.1. The fourth-order valence-electron chi connectivity index (χ4n) is 4.35. The summed E-state index contributed by atoms with van der Waals surface area (Å²) in [6, 6.07) is 0.127. The van der Waals surface area contributed by atoms with Crippen molar-refractivity contribution in [3.63, 3.8) is 0 Å². The molecule has 7 nitrogen and oxygen atoms in total. The van der Waals surface area contributed by atoms with Crippen LogP contribution in [0.5, 0.6) is 0 Å². The van der Waals surface area contributed by atoms with Crippen molar-refractivity contribution in [2.75, 3.05) is 19.7 Å². The first-order valence-electron chi connectivity index (χ1n) is 8.81. The van der Waals surface area contributed by atoms with Crippen LogP contribution in [0.3, 0.4) is 0 Å². The lowest BCUT2D eigenvalue weighted by molar-refractivity contribution is -0.155. The molecule has 0 aromatic carbocycles. The van der Waals surface area contributed by atoms with Gasteiger partial charge in [-0.05, 0) is 36.5 Å². The maximum atomic E-state index is 11.7. The second kappa shape index (κ2) is 8.65. The predicted molar refractivity (Wildman–Crippen MR) is 94.0 cm³/mol. The zero-order valence-electron chi connectivity index (χ0n) is 15.8. The lowest BCUT2D eigenvalue weighted by Gasteiger charge is -2.47. The van der Waals surface area contributed by atoms with E-state index in [-0.39, 0.29) is 36.5 Å². The maximum Gasteiger partial charge on any atom is 0.314 e. The number of carboxylic acids is 1. The average Bonchev–Trinajstić information content (AvgIpc) is 2.48. The minimum atomic E-state index is -1.12. The molecular formula is C18H32N2O5. The molecule has 1 aliphatic carbocycles. The summed E-state index contributed by atoms with van der Waals surface area (Å²) < 4.78 is 4.75. The second-order valence-electron chi connectivity index (χ2n) is 8.49. The largest absolute Gasteiger partial charge is 0.481 e. The van der Waals surface area contributed by atoms with E-state index in [0.29, 0.717) is 13.0 Å². The van der Waals surface area contributed by atoms with Gasteiger partial charge in [-0.15, -0.1) is 0 Å². The maximum absolute atomic E-state index is 11.7. The number of aliphatic carboxylic acids is 1. The molecule has 1 saturated carbocycles. The second-order valence-corrected chi connectivity index (χ2v) is 8.49. The van der Waals surface area contributed by atoms with Crippen molar-refractivity contribution in [3.8, 4) is 0 Å². The molecule has 0 spiro atoms. The number of hydrogen-bond donors (Lipinski definition) is 3. The summed E-state index contributed by atoms with van der Waals surface area (Å²) in [7, 11) is 0. The lowest BCUT2D eigenvalue weighted by Crippen LogP contribution is -2.51. The molecule has 0 aromatic rings. The first-order valence-corrected chi connectivity index (χ1v) is 8.81. The number of hydrogen-bond acceptors (Lipinski definition) is 5. The number of nitrogens with one attached hydrogen (secondary N) is 2. The minimum absolute atomic E-state index is 0.0497. The molecule has 3 unspecified atom stereocenters. The molecule has 0 saturated heterocycles. The smallest absolute Gasteiger partial charge is 0.314 e. The molecule has 1 amide bonds. The monoisotopic (exact) mass is 356 g/mol. The standard InChI is InChI=1S/C18H32N2O5/c1-5-18(15(23)24,11-25-13-22)10-19-9-17(4)7-14(20-12-21)6-16(2,3)8-17/h12-14,19H,5-11H2,1-4H3,(H,20,21)(H,23,24). The lowest BCUT2D eigenvalue weighted by atomic mass is 9.62. The Kier molecular flexibility index (Phi) is 7.41.